The summed E-state index contributed by atoms with van der Waals surface area (Å²) in [7, 11) is 0. The van der Waals surface area contributed by atoms with Crippen molar-refractivity contribution < 1.29 is 4.79 Å². The number of Topliss-reactive ketones (excluding diaryl/α,β-unsaturated/α-hetero) is 1. The number of aromatic nitrogens is 2. The van der Waals surface area contributed by atoms with Gasteiger partial charge in [0.15, 0.2) is 5.78 Å². The highest BCUT2D eigenvalue weighted by molar-refractivity contribution is 8.04. The quantitative estimate of drug-likeness (QED) is 0.780. The first-order valence-electron chi connectivity index (χ1n) is 4.86. The Hall–Kier alpha value is -1.75. The average Bonchev–Trinajstić information content (AvgIpc) is 2.82. The average molecular weight is 231 g/mol. The van der Waals surface area contributed by atoms with Crippen molar-refractivity contribution in [3.63, 3.8) is 0 Å². The summed E-state index contributed by atoms with van der Waals surface area (Å²) in [5, 5.41) is 0.559. The van der Waals surface area contributed by atoms with Crippen molar-refractivity contribution >= 4 is 34.2 Å². The number of imidazole rings is 1. The van der Waals surface area contributed by atoms with Crippen LogP contribution in [0.5, 0.6) is 0 Å². The molecule has 0 saturated carbocycles. The van der Waals surface area contributed by atoms with Crippen LogP contribution in [0.25, 0.3) is 16.6 Å². The Balaban J connectivity index is 2.20. The number of hydrogen-bond acceptors (Lipinski definition) is 4. The van der Waals surface area contributed by atoms with Crippen LogP contribution >= 0.6 is 11.8 Å². The second-order valence-electron chi connectivity index (χ2n) is 3.55. The third-order valence-electron chi connectivity index (χ3n) is 2.51. The van der Waals surface area contributed by atoms with Crippen LogP contribution in [-0.2, 0) is 4.79 Å². The molecule has 1 aliphatic rings. The zero-order valence-corrected chi connectivity index (χ0v) is 9.17. The predicted molar refractivity (Wildman–Crippen MR) is 64.7 cm³/mol. The van der Waals surface area contributed by atoms with Crippen LogP contribution in [0.2, 0.25) is 0 Å². The van der Waals surface area contributed by atoms with Gasteiger partial charge in [0.1, 0.15) is 5.82 Å². The fourth-order valence-electron chi connectivity index (χ4n) is 1.75. The zero-order valence-electron chi connectivity index (χ0n) is 8.36. The Morgan fingerprint density at radius 3 is 2.88 bits per heavy atom. The van der Waals surface area contributed by atoms with Gasteiger partial charge in [-0.25, -0.2) is 4.98 Å². The van der Waals surface area contributed by atoms with E-state index in [-0.39, 0.29) is 5.78 Å². The third kappa shape index (κ3) is 1.32. The number of benzene rings is 1. The van der Waals surface area contributed by atoms with Gasteiger partial charge in [0.05, 0.1) is 27.4 Å². The molecule has 1 aromatic heterocycles. The first-order chi connectivity index (χ1) is 7.75. The molecule has 4 nitrogen and oxygen atoms in total. The van der Waals surface area contributed by atoms with Gasteiger partial charge in [-0.3, -0.25) is 4.79 Å². The summed E-state index contributed by atoms with van der Waals surface area (Å²) < 4.78 is 0. The highest BCUT2D eigenvalue weighted by Gasteiger charge is 2.25. The summed E-state index contributed by atoms with van der Waals surface area (Å²) in [6.07, 6.45) is 0. The maximum absolute atomic E-state index is 11.6. The SMILES string of the molecule is NC1=C(c2nc3ccccc3[nH]2)C(=O)CS1. The van der Waals surface area contributed by atoms with Crippen molar-refractivity contribution in [3.05, 3.63) is 35.1 Å². The van der Waals surface area contributed by atoms with E-state index in [4.69, 9.17) is 5.73 Å². The number of carbonyl (C=O) groups excluding carboxylic acids is 1. The number of rotatable bonds is 1. The molecule has 1 aliphatic heterocycles. The molecular formula is C11H9N3OS. The van der Waals surface area contributed by atoms with Crippen LogP contribution in [0.4, 0.5) is 0 Å². The van der Waals surface area contributed by atoms with E-state index >= 15 is 0 Å². The number of hydrogen-bond donors (Lipinski definition) is 2. The monoisotopic (exact) mass is 231 g/mol. The summed E-state index contributed by atoms with van der Waals surface area (Å²) in [6.45, 7) is 0. The maximum atomic E-state index is 11.6. The smallest absolute Gasteiger partial charge is 0.179 e. The number of fused-ring (bicyclic) bond motifs is 1. The molecule has 0 bridgehead atoms. The standard InChI is InChI=1S/C11H9N3OS/c12-10-9(8(15)5-16-10)11-13-6-3-1-2-4-7(6)14-11/h1-4H,5,12H2,(H,13,14). The molecule has 2 aromatic rings. The van der Waals surface area contributed by atoms with Crippen LogP contribution in [0.3, 0.4) is 0 Å². The number of para-hydroxylation sites is 2. The summed E-state index contributed by atoms with van der Waals surface area (Å²) in [5.74, 6) is 1.04. The second-order valence-corrected chi connectivity index (χ2v) is 4.57. The van der Waals surface area contributed by atoms with E-state index in [1.807, 2.05) is 24.3 Å². The lowest BCUT2D eigenvalue weighted by molar-refractivity contribution is -0.111. The van der Waals surface area contributed by atoms with Gasteiger partial charge in [0.2, 0.25) is 0 Å². The molecule has 0 spiro atoms. The van der Waals surface area contributed by atoms with Gasteiger partial charge in [-0.2, -0.15) is 0 Å². The molecule has 3 rings (SSSR count). The zero-order chi connectivity index (χ0) is 11.1. The molecule has 0 unspecified atom stereocenters. The highest BCUT2D eigenvalue weighted by Crippen LogP contribution is 2.31. The summed E-state index contributed by atoms with van der Waals surface area (Å²) in [5.41, 5.74) is 8.08. The van der Waals surface area contributed by atoms with Gasteiger partial charge in [0, 0.05) is 0 Å². The van der Waals surface area contributed by atoms with E-state index in [1.54, 1.807) is 0 Å². The minimum absolute atomic E-state index is 0.0431. The predicted octanol–water partition coefficient (Wildman–Crippen LogP) is 1.51. The van der Waals surface area contributed by atoms with Crippen molar-refractivity contribution in [1.82, 2.24) is 9.97 Å². The van der Waals surface area contributed by atoms with Crippen molar-refractivity contribution in [2.75, 3.05) is 5.75 Å². The third-order valence-corrected chi connectivity index (χ3v) is 3.43. The number of nitrogens with one attached hydrogen (secondary N) is 1. The van der Waals surface area contributed by atoms with Gasteiger partial charge < -0.3 is 10.7 Å². The number of thioether (sulfide) groups is 1. The van der Waals surface area contributed by atoms with Crippen molar-refractivity contribution in [1.29, 1.82) is 0 Å². The Morgan fingerprint density at radius 1 is 1.38 bits per heavy atom. The molecule has 0 fully saturated rings. The van der Waals surface area contributed by atoms with Gasteiger partial charge in [-0.05, 0) is 12.1 Å². The number of nitrogens with two attached hydrogens (primary N) is 1. The number of nitrogens with zero attached hydrogens (tertiary/aromatic N) is 1. The second kappa shape index (κ2) is 3.38. The maximum Gasteiger partial charge on any atom is 0.179 e. The summed E-state index contributed by atoms with van der Waals surface area (Å²) in [6, 6.07) is 7.66. The van der Waals surface area contributed by atoms with Gasteiger partial charge in [-0.1, -0.05) is 23.9 Å². The minimum Gasteiger partial charge on any atom is -0.393 e. The first kappa shape index (κ1) is 9.47. The van der Waals surface area contributed by atoms with E-state index in [2.05, 4.69) is 9.97 Å². The van der Waals surface area contributed by atoms with E-state index < -0.39 is 0 Å². The summed E-state index contributed by atoms with van der Waals surface area (Å²) >= 11 is 1.37. The van der Waals surface area contributed by atoms with E-state index in [0.717, 1.165) is 11.0 Å². The van der Waals surface area contributed by atoms with E-state index in [9.17, 15) is 4.79 Å². The molecule has 0 amide bonds. The largest absolute Gasteiger partial charge is 0.393 e. The lowest BCUT2D eigenvalue weighted by atomic mass is 10.2. The number of ketones is 1. The minimum atomic E-state index is 0.0431. The molecule has 0 radical (unpaired) electrons. The van der Waals surface area contributed by atoms with Gasteiger partial charge in [-0.15, -0.1) is 0 Å². The molecule has 80 valence electrons. The Bertz CT molecular complexity index is 581. The van der Waals surface area contributed by atoms with Crippen molar-refractivity contribution in [3.8, 4) is 0 Å². The van der Waals surface area contributed by atoms with Crippen molar-refractivity contribution in [2.45, 2.75) is 0 Å². The van der Waals surface area contributed by atoms with E-state index in [1.165, 1.54) is 11.8 Å². The first-order valence-corrected chi connectivity index (χ1v) is 5.85. The Labute approximate surface area is 95.9 Å². The van der Waals surface area contributed by atoms with Gasteiger partial charge in [0.25, 0.3) is 0 Å². The lowest BCUT2D eigenvalue weighted by Crippen LogP contribution is -2.03. The number of aromatic amines is 1. The Kier molecular flexibility index (Phi) is 2.00. The Morgan fingerprint density at radius 2 is 2.19 bits per heavy atom. The topological polar surface area (TPSA) is 71.8 Å². The molecule has 5 heteroatoms. The fraction of sp³-hybridized carbons (Fsp3) is 0.0909. The number of H-pyrrole nitrogens is 1. The number of allylic oxidation sites excluding steroid dienone is 1. The van der Waals surface area contributed by atoms with Crippen LogP contribution in [0.15, 0.2) is 29.3 Å². The molecule has 1 aromatic carbocycles. The molecular weight excluding hydrogens is 222 g/mol. The molecule has 16 heavy (non-hydrogen) atoms. The van der Waals surface area contributed by atoms with Crippen LogP contribution in [0.1, 0.15) is 5.82 Å². The van der Waals surface area contributed by atoms with Crippen LogP contribution in [0, 0.1) is 0 Å². The van der Waals surface area contributed by atoms with E-state index in [0.29, 0.717) is 22.2 Å². The fourth-order valence-corrected chi connectivity index (χ4v) is 2.53. The van der Waals surface area contributed by atoms with Crippen molar-refractivity contribution in [2.24, 2.45) is 5.73 Å². The molecule has 2 heterocycles. The normalized spacial score (nSPS) is 16.4. The summed E-state index contributed by atoms with van der Waals surface area (Å²) in [4.78, 5) is 19.1. The van der Waals surface area contributed by atoms with Crippen LogP contribution in [-0.4, -0.2) is 21.5 Å². The lowest BCUT2D eigenvalue weighted by Gasteiger charge is -1.95. The molecule has 3 N–H and O–H groups in total. The highest BCUT2D eigenvalue weighted by atomic mass is 32.2. The molecule has 0 aliphatic carbocycles. The van der Waals surface area contributed by atoms with Crippen LogP contribution < -0.4 is 5.73 Å². The van der Waals surface area contributed by atoms with Gasteiger partial charge >= 0.3 is 0 Å². The number of carbonyl (C=O) groups is 1. The molecule has 0 saturated heterocycles. The molecule has 0 atom stereocenters.